The Morgan fingerprint density at radius 1 is 1.16 bits per heavy atom. The summed E-state index contributed by atoms with van der Waals surface area (Å²) in [5, 5.41) is 13.0. The second kappa shape index (κ2) is 6.60. The summed E-state index contributed by atoms with van der Waals surface area (Å²) in [6.45, 7) is 3.55. The predicted octanol–water partition coefficient (Wildman–Crippen LogP) is 2.43. The van der Waals surface area contributed by atoms with Crippen molar-refractivity contribution in [1.29, 1.82) is 0 Å². The van der Waals surface area contributed by atoms with Gasteiger partial charge in [0.15, 0.2) is 5.82 Å². The maximum absolute atomic E-state index is 9.68. The highest BCUT2D eigenvalue weighted by Crippen LogP contribution is 2.24. The van der Waals surface area contributed by atoms with Gasteiger partial charge in [0.1, 0.15) is 17.4 Å². The highest BCUT2D eigenvalue weighted by atomic mass is 16.3. The van der Waals surface area contributed by atoms with E-state index in [1.54, 1.807) is 6.20 Å². The number of aryl methyl sites for hydroxylation is 1. The zero-order valence-electron chi connectivity index (χ0n) is 14.1. The maximum atomic E-state index is 9.68. The van der Waals surface area contributed by atoms with Crippen LogP contribution < -0.4 is 10.2 Å². The minimum absolute atomic E-state index is 0.224. The van der Waals surface area contributed by atoms with Gasteiger partial charge in [0.25, 0.3) is 0 Å². The Morgan fingerprint density at radius 3 is 2.80 bits per heavy atom. The van der Waals surface area contributed by atoms with Gasteiger partial charge in [-0.2, -0.15) is 0 Å². The van der Waals surface area contributed by atoms with Gasteiger partial charge in [-0.25, -0.2) is 19.9 Å². The SMILES string of the molecule is Cc1cccc(Nc2ncnc3cnc(N4CCC(O)CC4)nc23)c1. The number of benzene rings is 1. The van der Waals surface area contributed by atoms with E-state index in [0.29, 0.717) is 22.8 Å². The molecule has 1 saturated heterocycles. The van der Waals surface area contributed by atoms with Crippen LogP contribution in [0.1, 0.15) is 18.4 Å². The summed E-state index contributed by atoms with van der Waals surface area (Å²) in [7, 11) is 0. The van der Waals surface area contributed by atoms with E-state index in [2.05, 4.69) is 36.2 Å². The lowest BCUT2D eigenvalue weighted by molar-refractivity contribution is 0.145. The summed E-state index contributed by atoms with van der Waals surface area (Å²) in [6, 6.07) is 8.10. The lowest BCUT2D eigenvalue weighted by atomic mass is 10.1. The second-order valence-corrected chi connectivity index (χ2v) is 6.34. The van der Waals surface area contributed by atoms with Crippen LogP contribution >= 0.6 is 0 Å². The molecule has 128 valence electrons. The van der Waals surface area contributed by atoms with Gasteiger partial charge in [0, 0.05) is 18.8 Å². The van der Waals surface area contributed by atoms with Crippen molar-refractivity contribution in [3.05, 3.63) is 42.4 Å². The molecule has 2 aromatic heterocycles. The number of piperidine rings is 1. The molecule has 0 bridgehead atoms. The van der Waals surface area contributed by atoms with E-state index in [1.165, 1.54) is 11.9 Å². The van der Waals surface area contributed by atoms with Crippen LogP contribution in [-0.4, -0.2) is 44.2 Å². The molecule has 1 aliphatic rings. The van der Waals surface area contributed by atoms with Crippen LogP contribution in [0.25, 0.3) is 11.0 Å². The fourth-order valence-corrected chi connectivity index (χ4v) is 3.01. The summed E-state index contributed by atoms with van der Waals surface area (Å²) < 4.78 is 0. The third kappa shape index (κ3) is 3.36. The number of rotatable bonds is 3. The molecule has 0 amide bonds. The molecule has 4 rings (SSSR count). The van der Waals surface area contributed by atoms with Crippen molar-refractivity contribution in [2.75, 3.05) is 23.3 Å². The van der Waals surface area contributed by atoms with Crippen LogP contribution in [0.3, 0.4) is 0 Å². The highest BCUT2D eigenvalue weighted by Gasteiger charge is 2.20. The Labute approximate surface area is 145 Å². The van der Waals surface area contributed by atoms with Crippen molar-refractivity contribution in [3.8, 4) is 0 Å². The van der Waals surface area contributed by atoms with Gasteiger partial charge in [-0.05, 0) is 37.5 Å². The summed E-state index contributed by atoms with van der Waals surface area (Å²) in [4.78, 5) is 19.8. The Kier molecular flexibility index (Phi) is 4.15. The molecule has 0 aliphatic carbocycles. The third-order valence-electron chi connectivity index (χ3n) is 4.39. The van der Waals surface area contributed by atoms with Gasteiger partial charge in [0.05, 0.1) is 12.3 Å². The zero-order chi connectivity index (χ0) is 17.2. The number of nitrogens with one attached hydrogen (secondary N) is 1. The van der Waals surface area contributed by atoms with Gasteiger partial charge in [-0.1, -0.05) is 12.1 Å². The van der Waals surface area contributed by atoms with Crippen molar-refractivity contribution in [2.45, 2.75) is 25.9 Å². The van der Waals surface area contributed by atoms with Crippen molar-refractivity contribution in [3.63, 3.8) is 0 Å². The molecule has 0 spiro atoms. The van der Waals surface area contributed by atoms with Gasteiger partial charge >= 0.3 is 0 Å². The van der Waals surface area contributed by atoms with Crippen molar-refractivity contribution >= 4 is 28.5 Å². The third-order valence-corrected chi connectivity index (χ3v) is 4.39. The number of hydrogen-bond donors (Lipinski definition) is 2. The van der Waals surface area contributed by atoms with Crippen molar-refractivity contribution in [1.82, 2.24) is 19.9 Å². The Bertz CT molecular complexity index is 892. The number of aromatic nitrogens is 4. The fourth-order valence-electron chi connectivity index (χ4n) is 3.01. The molecule has 1 aliphatic heterocycles. The van der Waals surface area contributed by atoms with E-state index in [0.717, 1.165) is 31.6 Å². The van der Waals surface area contributed by atoms with E-state index in [9.17, 15) is 5.11 Å². The molecule has 0 atom stereocenters. The number of aliphatic hydroxyl groups excluding tert-OH is 1. The molecule has 7 nitrogen and oxygen atoms in total. The van der Waals surface area contributed by atoms with Gasteiger partial charge in [0.2, 0.25) is 5.95 Å². The maximum Gasteiger partial charge on any atom is 0.226 e. The van der Waals surface area contributed by atoms with Crippen molar-refractivity contribution in [2.24, 2.45) is 0 Å². The first-order valence-corrected chi connectivity index (χ1v) is 8.43. The first kappa shape index (κ1) is 15.7. The van der Waals surface area contributed by atoms with Gasteiger partial charge in [-0.3, -0.25) is 0 Å². The Hall–Kier alpha value is -2.80. The second-order valence-electron chi connectivity index (χ2n) is 6.34. The molecule has 0 unspecified atom stereocenters. The van der Waals surface area contributed by atoms with E-state index in [1.807, 2.05) is 25.1 Å². The van der Waals surface area contributed by atoms with Gasteiger partial charge in [-0.15, -0.1) is 0 Å². The van der Waals surface area contributed by atoms with E-state index >= 15 is 0 Å². The molecular formula is C18H20N6O. The number of fused-ring (bicyclic) bond motifs is 1. The average molecular weight is 336 g/mol. The largest absolute Gasteiger partial charge is 0.393 e. The summed E-state index contributed by atoms with van der Waals surface area (Å²) in [6.07, 6.45) is 4.49. The van der Waals surface area contributed by atoms with E-state index in [-0.39, 0.29) is 6.10 Å². The predicted molar refractivity (Wildman–Crippen MR) is 97.0 cm³/mol. The number of nitrogens with zero attached hydrogens (tertiary/aromatic N) is 5. The summed E-state index contributed by atoms with van der Waals surface area (Å²) >= 11 is 0. The monoisotopic (exact) mass is 336 g/mol. The molecule has 3 heterocycles. The molecule has 3 aromatic rings. The van der Waals surface area contributed by atoms with Gasteiger partial charge < -0.3 is 15.3 Å². The molecule has 1 aromatic carbocycles. The molecule has 1 fully saturated rings. The minimum atomic E-state index is -0.224. The van der Waals surface area contributed by atoms with Crippen LogP contribution in [-0.2, 0) is 0 Å². The molecule has 25 heavy (non-hydrogen) atoms. The lowest BCUT2D eigenvalue weighted by Crippen LogP contribution is -2.36. The quantitative estimate of drug-likeness (QED) is 0.759. The standard InChI is InChI=1S/C18H20N6O/c1-12-3-2-4-13(9-12)22-17-16-15(20-11-21-17)10-19-18(23-16)24-7-5-14(25)6-8-24/h2-4,9-11,14,25H,5-8H2,1H3,(H,20,21,22). The molecule has 2 N–H and O–H groups in total. The average Bonchev–Trinajstić information content (AvgIpc) is 2.62. The normalized spacial score (nSPS) is 15.5. The van der Waals surface area contributed by atoms with Crippen molar-refractivity contribution < 1.29 is 5.11 Å². The molecule has 0 saturated carbocycles. The van der Waals surface area contributed by atoms with Crippen LogP contribution in [0.15, 0.2) is 36.8 Å². The lowest BCUT2D eigenvalue weighted by Gasteiger charge is -2.29. The highest BCUT2D eigenvalue weighted by molar-refractivity contribution is 5.87. The minimum Gasteiger partial charge on any atom is -0.393 e. The molecule has 0 radical (unpaired) electrons. The van der Waals surface area contributed by atoms with Crippen LogP contribution in [0.2, 0.25) is 0 Å². The smallest absolute Gasteiger partial charge is 0.226 e. The van der Waals surface area contributed by atoms with E-state index in [4.69, 9.17) is 0 Å². The Morgan fingerprint density at radius 2 is 2.00 bits per heavy atom. The number of anilines is 3. The fraction of sp³-hybridized carbons (Fsp3) is 0.333. The Balaban J connectivity index is 1.68. The van der Waals surface area contributed by atoms with Crippen LogP contribution in [0.4, 0.5) is 17.5 Å². The number of aliphatic hydroxyl groups is 1. The van der Waals surface area contributed by atoms with Crippen LogP contribution in [0, 0.1) is 6.92 Å². The topological polar surface area (TPSA) is 87.1 Å². The zero-order valence-corrected chi connectivity index (χ0v) is 14.1. The summed E-state index contributed by atoms with van der Waals surface area (Å²) in [5.74, 6) is 1.32. The first-order chi connectivity index (χ1) is 12.2. The summed E-state index contributed by atoms with van der Waals surface area (Å²) in [5.41, 5.74) is 3.53. The number of hydrogen-bond acceptors (Lipinski definition) is 7. The molecular weight excluding hydrogens is 316 g/mol. The first-order valence-electron chi connectivity index (χ1n) is 8.43. The van der Waals surface area contributed by atoms with Crippen LogP contribution in [0.5, 0.6) is 0 Å². The molecule has 7 heteroatoms. The van der Waals surface area contributed by atoms with E-state index < -0.39 is 0 Å².